The Morgan fingerprint density at radius 3 is 2.61 bits per heavy atom. The maximum Gasteiger partial charge on any atom is 0.139 e. The Morgan fingerprint density at radius 2 is 2.00 bits per heavy atom. The van der Waals surface area contributed by atoms with E-state index in [0.717, 1.165) is 60.5 Å². The van der Waals surface area contributed by atoms with Gasteiger partial charge in [0.2, 0.25) is 0 Å². The minimum absolute atomic E-state index is 0.568. The lowest BCUT2D eigenvalue weighted by Gasteiger charge is -2.32. The van der Waals surface area contributed by atoms with E-state index in [0.29, 0.717) is 23.8 Å². The Labute approximate surface area is 182 Å². The molecule has 0 saturated carbocycles. The van der Waals surface area contributed by atoms with Gasteiger partial charge in [0.1, 0.15) is 5.75 Å². The molecule has 7 nitrogen and oxygen atoms in total. The summed E-state index contributed by atoms with van der Waals surface area (Å²) in [6.07, 6.45) is 3.18. The fraction of sp³-hybridized carbons (Fsp3) is 0.417. The highest BCUT2D eigenvalue weighted by atomic mass is 16.5. The Hall–Kier alpha value is -2.92. The normalized spacial score (nSPS) is 16.4. The van der Waals surface area contributed by atoms with E-state index in [9.17, 15) is 5.11 Å². The van der Waals surface area contributed by atoms with Crippen LogP contribution < -0.4 is 10.5 Å². The largest absolute Gasteiger partial charge is 0.495 e. The molecule has 3 heterocycles. The van der Waals surface area contributed by atoms with Crippen molar-refractivity contribution in [1.82, 2.24) is 14.5 Å². The van der Waals surface area contributed by atoms with Crippen LogP contribution in [-0.2, 0) is 0 Å². The molecule has 1 aliphatic rings. The van der Waals surface area contributed by atoms with Gasteiger partial charge < -0.3 is 25.0 Å². The molecule has 4 rings (SSSR count). The van der Waals surface area contributed by atoms with Crippen LogP contribution in [-0.4, -0.2) is 52.8 Å². The van der Waals surface area contributed by atoms with E-state index < -0.39 is 6.10 Å². The van der Waals surface area contributed by atoms with Gasteiger partial charge in [-0.05, 0) is 69.6 Å². The topological polar surface area (TPSA) is 100 Å². The molecule has 3 N–H and O–H groups in total. The van der Waals surface area contributed by atoms with Crippen molar-refractivity contribution in [3.63, 3.8) is 0 Å². The molecular weight excluding hydrogens is 390 g/mol. The molecule has 162 valence electrons. The summed E-state index contributed by atoms with van der Waals surface area (Å²) < 4.78 is 7.48. The van der Waals surface area contributed by atoms with E-state index >= 15 is 0 Å². The summed E-state index contributed by atoms with van der Waals surface area (Å²) in [5.41, 5.74) is 10.8. The van der Waals surface area contributed by atoms with Gasteiger partial charge in [-0.25, -0.2) is 0 Å². The first kappa shape index (κ1) is 21.3. The number of hydrogen-bond acceptors (Lipinski definition) is 6. The van der Waals surface area contributed by atoms with Crippen molar-refractivity contribution in [1.29, 1.82) is 5.26 Å². The van der Waals surface area contributed by atoms with Gasteiger partial charge >= 0.3 is 0 Å². The van der Waals surface area contributed by atoms with Crippen LogP contribution >= 0.6 is 0 Å². The maximum absolute atomic E-state index is 11.2. The molecule has 2 aromatic heterocycles. The van der Waals surface area contributed by atoms with Gasteiger partial charge in [-0.3, -0.25) is 4.98 Å². The number of β-amino-alcohol motifs (C(OH)–C–C–N with tert-alkyl or cyclic N) is 1. The fourth-order valence-electron chi connectivity index (χ4n) is 4.55. The van der Waals surface area contributed by atoms with Crippen molar-refractivity contribution < 1.29 is 9.84 Å². The van der Waals surface area contributed by atoms with Crippen LogP contribution in [0.15, 0.2) is 36.5 Å². The van der Waals surface area contributed by atoms with Gasteiger partial charge in [-0.2, -0.15) is 5.26 Å². The SMILES string of the molecule is COc1cnc2c(C(O)CN3CCC(CN)CC3)c(C)n(-c3ccc(C#N)cc3)c2c1. The quantitative estimate of drug-likeness (QED) is 0.637. The van der Waals surface area contributed by atoms with Crippen LogP contribution in [0.25, 0.3) is 16.7 Å². The van der Waals surface area contributed by atoms with Crippen molar-refractivity contribution >= 4 is 11.0 Å². The fourth-order valence-corrected chi connectivity index (χ4v) is 4.55. The molecule has 3 aromatic rings. The van der Waals surface area contributed by atoms with Crippen LogP contribution in [0.4, 0.5) is 0 Å². The standard InChI is InChI=1S/C24H29N5O2/c1-16-23(22(30)15-28-9-7-18(13-26)8-10-28)24-21(11-20(31-2)14-27-24)29(16)19-5-3-17(12-25)4-6-19/h3-6,11,14,18,22,30H,7-10,13,15,26H2,1-2H3. The summed E-state index contributed by atoms with van der Waals surface area (Å²) >= 11 is 0. The van der Waals surface area contributed by atoms with Crippen molar-refractivity contribution in [3.8, 4) is 17.5 Å². The van der Waals surface area contributed by atoms with E-state index in [1.807, 2.05) is 25.1 Å². The number of likely N-dealkylation sites (tertiary alicyclic amines) is 1. The lowest BCUT2D eigenvalue weighted by atomic mass is 9.96. The molecule has 0 bridgehead atoms. The molecule has 1 saturated heterocycles. The van der Waals surface area contributed by atoms with E-state index in [4.69, 9.17) is 15.7 Å². The summed E-state index contributed by atoms with van der Waals surface area (Å²) in [6.45, 7) is 5.21. The highest BCUT2D eigenvalue weighted by Crippen LogP contribution is 2.34. The van der Waals surface area contributed by atoms with Crippen LogP contribution in [0.3, 0.4) is 0 Å². The van der Waals surface area contributed by atoms with Crippen molar-refractivity contribution in [2.45, 2.75) is 25.9 Å². The summed E-state index contributed by atoms with van der Waals surface area (Å²) in [5.74, 6) is 1.24. The zero-order chi connectivity index (χ0) is 22.0. The lowest BCUT2D eigenvalue weighted by Crippen LogP contribution is -2.38. The summed E-state index contributed by atoms with van der Waals surface area (Å²) in [5, 5.41) is 20.4. The average molecular weight is 420 g/mol. The lowest BCUT2D eigenvalue weighted by molar-refractivity contribution is 0.0907. The minimum Gasteiger partial charge on any atom is -0.495 e. The highest BCUT2D eigenvalue weighted by molar-refractivity contribution is 5.85. The molecule has 1 aromatic carbocycles. The summed E-state index contributed by atoms with van der Waals surface area (Å²) in [7, 11) is 1.62. The molecule has 0 amide bonds. The number of aliphatic hydroxyl groups is 1. The van der Waals surface area contributed by atoms with Gasteiger partial charge in [-0.1, -0.05) is 0 Å². The first-order valence-electron chi connectivity index (χ1n) is 10.7. The second-order valence-electron chi connectivity index (χ2n) is 8.23. The third-order valence-corrected chi connectivity index (χ3v) is 6.36. The smallest absolute Gasteiger partial charge is 0.139 e. The summed E-state index contributed by atoms with van der Waals surface area (Å²) in [6, 6.07) is 11.5. The molecule has 1 unspecified atom stereocenters. The summed E-state index contributed by atoms with van der Waals surface area (Å²) in [4.78, 5) is 6.95. The number of hydrogen-bond donors (Lipinski definition) is 2. The predicted molar refractivity (Wildman–Crippen MR) is 120 cm³/mol. The number of rotatable bonds is 6. The number of pyridine rings is 1. The number of nitrogens with zero attached hydrogens (tertiary/aromatic N) is 4. The molecule has 1 atom stereocenters. The number of benzene rings is 1. The first-order valence-corrected chi connectivity index (χ1v) is 10.7. The Kier molecular flexibility index (Phi) is 6.23. The molecule has 0 aliphatic carbocycles. The van der Waals surface area contributed by atoms with Gasteiger partial charge in [0.05, 0.1) is 42.1 Å². The van der Waals surface area contributed by atoms with Crippen LogP contribution in [0, 0.1) is 24.2 Å². The maximum atomic E-state index is 11.2. The van der Waals surface area contributed by atoms with Crippen molar-refractivity contribution in [2.24, 2.45) is 11.7 Å². The monoisotopic (exact) mass is 419 g/mol. The third-order valence-electron chi connectivity index (χ3n) is 6.36. The Bertz CT molecular complexity index is 1090. The average Bonchev–Trinajstić information content (AvgIpc) is 3.10. The van der Waals surface area contributed by atoms with E-state index in [1.54, 1.807) is 25.4 Å². The minimum atomic E-state index is -0.655. The zero-order valence-electron chi connectivity index (χ0n) is 18.1. The van der Waals surface area contributed by atoms with Crippen LogP contribution in [0.5, 0.6) is 5.75 Å². The second kappa shape index (κ2) is 9.06. The second-order valence-corrected chi connectivity index (χ2v) is 8.23. The van der Waals surface area contributed by atoms with Crippen molar-refractivity contribution in [2.75, 3.05) is 33.3 Å². The zero-order valence-corrected chi connectivity index (χ0v) is 18.1. The number of aromatic nitrogens is 2. The molecular formula is C24H29N5O2. The number of nitrogens with two attached hydrogens (primary N) is 1. The number of methoxy groups -OCH3 is 1. The van der Waals surface area contributed by atoms with Gasteiger partial charge in [0.15, 0.2) is 0 Å². The Morgan fingerprint density at radius 1 is 1.29 bits per heavy atom. The first-order chi connectivity index (χ1) is 15.0. The van der Waals surface area contributed by atoms with Crippen LogP contribution in [0.1, 0.15) is 35.8 Å². The molecule has 7 heteroatoms. The molecule has 0 spiro atoms. The van der Waals surface area contributed by atoms with E-state index in [-0.39, 0.29) is 0 Å². The Balaban J connectivity index is 1.73. The highest BCUT2D eigenvalue weighted by Gasteiger charge is 2.26. The van der Waals surface area contributed by atoms with E-state index in [1.165, 1.54) is 0 Å². The number of ether oxygens (including phenoxy) is 1. The van der Waals surface area contributed by atoms with Crippen molar-refractivity contribution in [3.05, 3.63) is 53.3 Å². The van der Waals surface area contributed by atoms with Gasteiger partial charge in [0.25, 0.3) is 0 Å². The molecule has 1 fully saturated rings. The molecule has 0 radical (unpaired) electrons. The molecule has 1 aliphatic heterocycles. The third kappa shape index (κ3) is 4.15. The predicted octanol–water partition coefficient (Wildman–Crippen LogP) is 2.92. The number of nitriles is 1. The van der Waals surface area contributed by atoms with Gasteiger partial charge in [0, 0.05) is 29.6 Å². The number of aliphatic hydroxyl groups excluding tert-OH is 1. The van der Waals surface area contributed by atoms with Gasteiger partial charge in [-0.15, -0.1) is 0 Å². The molecule has 31 heavy (non-hydrogen) atoms. The number of piperidine rings is 1. The van der Waals surface area contributed by atoms with Crippen LogP contribution in [0.2, 0.25) is 0 Å². The van der Waals surface area contributed by atoms with E-state index in [2.05, 4.69) is 20.5 Å². The number of fused-ring (bicyclic) bond motifs is 1.